The first-order chi connectivity index (χ1) is 15.0. The van der Waals surface area contributed by atoms with Gasteiger partial charge in [-0.1, -0.05) is 25.6 Å². The molecule has 0 radical (unpaired) electrons. The monoisotopic (exact) mass is 446 g/mol. The molecule has 168 valence electrons. The van der Waals surface area contributed by atoms with Crippen LogP contribution in [0.3, 0.4) is 0 Å². The highest BCUT2D eigenvalue weighted by atomic mass is 32.2. The Morgan fingerprint density at radius 3 is 2.45 bits per heavy atom. The predicted octanol–water partition coefficient (Wildman–Crippen LogP) is 1.17. The van der Waals surface area contributed by atoms with Gasteiger partial charge in [0.15, 0.2) is 5.16 Å². The fourth-order valence-electron chi connectivity index (χ4n) is 3.52. The van der Waals surface area contributed by atoms with Crippen molar-refractivity contribution < 1.29 is 4.79 Å². The molecule has 3 heterocycles. The van der Waals surface area contributed by atoms with E-state index in [2.05, 4.69) is 55.6 Å². The number of carbonyl (C=O) groups is 1. The van der Waals surface area contributed by atoms with E-state index in [1.54, 1.807) is 4.40 Å². The molecule has 31 heavy (non-hydrogen) atoms. The van der Waals surface area contributed by atoms with E-state index in [0.29, 0.717) is 62.1 Å². The van der Waals surface area contributed by atoms with E-state index < -0.39 is 0 Å². The maximum absolute atomic E-state index is 12.8. The normalized spacial score (nSPS) is 15.8. The van der Waals surface area contributed by atoms with Gasteiger partial charge in [-0.2, -0.15) is 15.2 Å². The van der Waals surface area contributed by atoms with Crippen molar-refractivity contribution in [2.24, 2.45) is 5.92 Å². The summed E-state index contributed by atoms with van der Waals surface area (Å²) >= 11 is 1.33. The number of nitrogens with zero attached hydrogens (tertiary/aromatic N) is 8. The Labute approximate surface area is 186 Å². The van der Waals surface area contributed by atoms with Crippen LogP contribution in [0.4, 0.5) is 11.9 Å². The fraction of sp³-hybridized carbons (Fsp3) is 0.684. The zero-order valence-electron chi connectivity index (χ0n) is 18.5. The highest BCUT2D eigenvalue weighted by molar-refractivity contribution is 7.99. The third-order valence-corrected chi connectivity index (χ3v) is 5.98. The average Bonchev–Trinajstić information content (AvgIpc) is 3.16. The van der Waals surface area contributed by atoms with Gasteiger partial charge in [0.25, 0.3) is 5.78 Å². The lowest BCUT2D eigenvalue weighted by molar-refractivity contribution is -0.130. The van der Waals surface area contributed by atoms with E-state index in [1.807, 2.05) is 18.7 Å². The minimum Gasteiger partial charge on any atom is -0.355 e. The lowest BCUT2D eigenvalue weighted by Crippen LogP contribution is -2.53. The number of nitriles is 1. The summed E-state index contributed by atoms with van der Waals surface area (Å²) in [6.07, 6.45) is 0. The third kappa shape index (κ3) is 5.34. The Morgan fingerprint density at radius 1 is 1.13 bits per heavy atom. The van der Waals surface area contributed by atoms with Gasteiger partial charge in [0, 0.05) is 39.3 Å². The number of hydrogen-bond donors (Lipinski definition) is 2. The molecule has 11 nitrogen and oxygen atoms in total. The Kier molecular flexibility index (Phi) is 7.86. The van der Waals surface area contributed by atoms with Gasteiger partial charge in [0.2, 0.25) is 17.8 Å². The Bertz CT molecular complexity index is 932. The smallest absolute Gasteiger partial charge is 0.261 e. The van der Waals surface area contributed by atoms with Crippen molar-refractivity contribution >= 4 is 35.3 Å². The van der Waals surface area contributed by atoms with E-state index >= 15 is 0 Å². The molecule has 0 saturated carbocycles. The summed E-state index contributed by atoms with van der Waals surface area (Å²) in [5.41, 5.74) is 0. The van der Waals surface area contributed by atoms with Crippen LogP contribution in [0, 0.1) is 17.2 Å². The highest BCUT2D eigenvalue weighted by Gasteiger charge is 2.28. The second kappa shape index (κ2) is 10.6. The number of anilines is 2. The predicted molar refractivity (Wildman–Crippen MR) is 120 cm³/mol. The van der Waals surface area contributed by atoms with E-state index in [4.69, 9.17) is 0 Å². The number of hydrogen-bond acceptors (Lipinski definition) is 10. The number of nitrogens with one attached hydrogen (secondary N) is 2. The highest BCUT2D eigenvalue weighted by Crippen LogP contribution is 2.22. The topological polar surface area (TPSA) is 127 Å². The van der Waals surface area contributed by atoms with Crippen LogP contribution >= 0.6 is 11.8 Å². The lowest BCUT2D eigenvalue weighted by atomic mass is 10.0. The van der Waals surface area contributed by atoms with Crippen LogP contribution < -0.4 is 10.6 Å². The molecule has 1 unspecified atom stereocenters. The molecule has 0 aliphatic carbocycles. The molecule has 1 amide bonds. The zero-order chi connectivity index (χ0) is 22.4. The maximum atomic E-state index is 12.8. The van der Waals surface area contributed by atoms with Crippen LogP contribution in [0.2, 0.25) is 0 Å². The number of rotatable bonds is 9. The van der Waals surface area contributed by atoms with Gasteiger partial charge < -0.3 is 15.5 Å². The summed E-state index contributed by atoms with van der Waals surface area (Å²) < 4.78 is 1.74. The molecule has 1 aliphatic heterocycles. The van der Waals surface area contributed by atoms with Crippen molar-refractivity contribution in [3.05, 3.63) is 0 Å². The molecular weight excluding hydrogens is 416 g/mol. The van der Waals surface area contributed by atoms with Crippen molar-refractivity contribution in [3.63, 3.8) is 0 Å². The molecule has 2 N–H and O–H groups in total. The van der Waals surface area contributed by atoms with Gasteiger partial charge in [0.1, 0.15) is 6.04 Å². The van der Waals surface area contributed by atoms with Crippen LogP contribution in [0.1, 0.15) is 27.7 Å². The van der Waals surface area contributed by atoms with Crippen LogP contribution in [-0.2, 0) is 4.79 Å². The SMILES string of the molecule is CCNc1nc(NCC)n2c(SCC(=O)N3CCN(C(C#N)C(C)C)CC3)nnc2n1. The summed E-state index contributed by atoms with van der Waals surface area (Å²) in [6.45, 7) is 12.1. The second-order valence-electron chi connectivity index (χ2n) is 7.57. The summed E-state index contributed by atoms with van der Waals surface area (Å²) in [6, 6.07) is 2.28. The van der Waals surface area contributed by atoms with E-state index in [1.165, 1.54) is 11.8 Å². The van der Waals surface area contributed by atoms with Gasteiger partial charge in [-0.3, -0.25) is 9.69 Å². The average molecular weight is 447 g/mol. The van der Waals surface area contributed by atoms with Crippen molar-refractivity contribution in [1.82, 2.24) is 34.4 Å². The quantitative estimate of drug-likeness (QED) is 0.542. The summed E-state index contributed by atoms with van der Waals surface area (Å²) in [5.74, 6) is 2.09. The molecule has 1 saturated heterocycles. The standard InChI is InChI=1S/C19H30N10OS/c1-5-21-16-23-17(22-6-2)29-18(24-16)25-26-19(29)31-12-15(30)28-9-7-27(8-10-28)14(11-20)13(3)4/h13-14H,5-10,12H2,1-4H3,(H2,21,22,23,24,25). The van der Waals surface area contributed by atoms with Gasteiger partial charge >= 0.3 is 0 Å². The molecule has 12 heteroatoms. The minimum atomic E-state index is -0.106. The van der Waals surface area contributed by atoms with Crippen molar-refractivity contribution in [1.29, 1.82) is 5.26 Å². The molecule has 2 aromatic rings. The number of amides is 1. The van der Waals surface area contributed by atoms with Gasteiger partial charge in [-0.25, -0.2) is 4.40 Å². The van der Waals surface area contributed by atoms with Gasteiger partial charge in [-0.05, 0) is 19.8 Å². The molecule has 0 aromatic carbocycles. The van der Waals surface area contributed by atoms with Crippen LogP contribution in [0.15, 0.2) is 5.16 Å². The molecule has 3 rings (SSSR count). The number of aromatic nitrogens is 5. The fourth-order valence-corrected chi connectivity index (χ4v) is 4.35. The van der Waals surface area contributed by atoms with E-state index in [-0.39, 0.29) is 23.6 Å². The summed E-state index contributed by atoms with van der Waals surface area (Å²) in [5, 5.41) is 24.6. The van der Waals surface area contributed by atoms with Crippen LogP contribution in [0.25, 0.3) is 5.78 Å². The Hall–Kier alpha value is -2.65. The number of carbonyl (C=O) groups excluding carboxylic acids is 1. The van der Waals surface area contributed by atoms with Crippen LogP contribution in [-0.4, -0.2) is 91.3 Å². The first-order valence-corrected chi connectivity index (χ1v) is 11.6. The lowest BCUT2D eigenvalue weighted by Gasteiger charge is -2.38. The molecule has 0 spiro atoms. The zero-order valence-corrected chi connectivity index (χ0v) is 19.3. The second-order valence-corrected chi connectivity index (χ2v) is 8.52. The number of thioether (sulfide) groups is 1. The van der Waals surface area contributed by atoms with Crippen molar-refractivity contribution in [3.8, 4) is 6.07 Å². The first kappa shape index (κ1) is 23.0. The molecule has 0 bridgehead atoms. The number of piperazine rings is 1. The molecule has 1 fully saturated rings. The maximum Gasteiger partial charge on any atom is 0.261 e. The molecule has 1 atom stereocenters. The molecule has 2 aromatic heterocycles. The number of fused-ring (bicyclic) bond motifs is 1. The molecule has 1 aliphatic rings. The van der Waals surface area contributed by atoms with Gasteiger partial charge in [0.05, 0.1) is 11.8 Å². The third-order valence-electron chi connectivity index (χ3n) is 5.06. The van der Waals surface area contributed by atoms with Crippen molar-refractivity contribution in [2.45, 2.75) is 38.9 Å². The summed E-state index contributed by atoms with van der Waals surface area (Å²) in [4.78, 5) is 25.6. The summed E-state index contributed by atoms with van der Waals surface area (Å²) in [7, 11) is 0. The first-order valence-electron chi connectivity index (χ1n) is 10.6. The Morgan fingerprint density at radius 2 is 1.84 bits per heavy atom. The van der Waals surface area contributed by atoms with Crippen molar-refractivity contribution in [2.75, 3.05) is 55.7 Å². The minimum absolute atomic E-state index is 0.0506. The van der Waals surface area contributed by atoms with E-state index in [9.17, 15) is 10.1 Å². The molecular formula is C19H30N10OS. The Balaban J connectivity index is 1.64. The van der Waals surface area contributed by atoms with Crippen LogP contribution in [0.5, 0.6) is 0 Å². The largest absolute Gasteiger partial charge is 0.355 e. The van der Waals surface area contributed by atoms with E-state index in [0.717, 1.165) is 0 Å². The van der Waals surface area contributed by atoms with Gasteiger partial charge in [-0.15, -0.1) is 10.2 Å².